The van der Waals surface area contributed by atoms with Crippen LogP contribution in [0, 0.1) is 6.92 Å². The molecule has 0 radical (unpaired) electrons. The van der Waals surface area contributed by atoms with Crippen molar-refractivity contribution in [2.24, 2.45) is 4.99 Å². The molecule has 0 bridgehead atoms. The van der Waals surface area contributed by atoms with Crippen LogP contribution < -0.4 is 10.6 Å². The lowest BCUT2D eigenvalue weighted by molar-refractivity contribution is 0.371. The summed E-state index contributed by atoms with van der Waals surface area (Å²) in [5.74, 6) is 2.51. The van der Waals surface area contributed by atoms with Crippen molar-refractivity contribution in [3.63, 3.8) is 0 Å². The Kier molecular flexibility index (Phi) is 6.58. The van der Waals surface area contributed by atoms with Crippen molar-refractivity contribution < 1.29 is 4.52 Å². The predicted molar refractivity (Wildman–Crippen MR) is 94.0 cm³/mol. The minimum absolute atomic E-state index is 0.286. The fourth-order valence-corrected chi connectivity index (χ4v) is 2.78. The number of hydrogen-bond acceptors (Lipinski definition) is 5. The second-order valence-corrected chi connectivity index (χ2v) is 6.96. The summed E-state index contributed by atoms with van der Waals surface area (Å²) in [6, 6.07) is 4.25. The van der Waals surface area contributed by atoms with Gasteiger partial charge in [0.15, 0.2) is 11.8 Å². The Bertz CT molecular complexity index is 632. The van der Waals surface area contributed by atoms with E-state index in [1.807, 2.05) is 0 Å². The highest BCUT2D eigenvalue weighted by Crippen LogP contribution is 2.15. The van der Waals surface area contributed by atoms with E-state index in [4.69, 9.17) is 4.52 Å². The lowest BCUT2D eigenvalue weighted by Gasteiger charge is -2.09. The minimum atomic E-state index is 0.286. The molecule has 2 rings (SSSR count). The molecule has 0 atom stereocenters. The lowest BCUT2D eigenvalue weighted by atomic mass is 10.2. The molecule has 126 valence electrons. The Hall–Kier alpha value is -1.89. The molecule has 2 aromatic heterocycles. The highest BCUT2D eigenvalue weighted by atomic mass is 32.1. The van der Waals surface area contributed by atoms with Gasteiger partial charge in [-0.15, -0.1) is 11.3 Å². The van der Waals surface area contributed by atoms with E-state index in [0.29, 0.717) is 25.4 Å². The van der Waals surface area contributed by atoms with E-state index >= 15 is 0 Å². The third-order valence-corrected chi connectivity index (χ3v) is 4.15. The van der Waals surface area contributed by atoms with Gasteiger partial charge in [0.25, 0.3) is 0 Å². The van der Waals surface area contributed by atoms with Crippen LogP contribution in [0.15, 0.2) is 21.6 Å². The highest BCUT2D eigenvalue weighted by molar-refractivity contribution is 7.11. The maximum atomic E-state index is 5.24. The maximum Gasteiger partial charge on any atom is 0.228 e. The number of nitrogens with one attached hydrogen (secondary N) is 2. The van der Waals surface area contributed by atoms with Crippen LogP contribution in [0.5, 0.6) is 0 Å². The fraction of sp³-hybridized carbons (Fsp3) is 0.562. The normalized spacial score (nSPS) is 12.0. The lowest BCUT2D eigenvalue weighted by Crippen LogP contribution is -2.38. The summed E-state index contributed by atoms with van der Waals surface area (Å²) in [4.78, 5) is 11.5. The predicted octanol–water partition coefficient (Wildman–Crippen LogP) is 2.86. The molecule has 0 saturated heterocycles. The van der Waals surface area contributed by atoms with Gasteiger partial charge in [-0.25, -0.2) is 4.99 Å². The van der Waals surface area contributed by atoms with E-state index < -0.39 is 0 Å². The zero-order valence-corrected chi connectivity index (χ0v) is 15.0. The SMILES string of the molecule is CCNC(=NCc1ccc(C)s1)NCCc1nc(C(C)C)no1. The number of guanidine groups is 1. The molecule has 0 aromatic carbocycles. The molecule has 2 aromatic rings. The van der Waals surface area contributed by atoms with E-state index in [-0.39, 0.29) is 5.92 Å². The highest BCUT2D eigenvalue weighted by Gasteiger charge is 2.09. The first-order valence-corrected chi connectivity index (χ1v) is 8.80. The monoisotopic (exact) mass is 335 g/mol. The van der Waals surface area contributed by atoms with Gasteiger partial charge in [0, 0.05) is 35.2 Å². The third kappa shape index (κ3) is 5.67. The van der Waals surface area contributed by atoms with Crippen LogP contribution in [-0.2, 0) is 13.0 Å². The topological polar surface area (TPSA) is 75.3 Å². The molecule has 2 heterocycles. The molecule has 0 amide bonds. The van der Waals surface area contributed by atoms with Crippen LogP contribution >= 0.6 is 11.3 Å². The number of aromatic nitrogens is 2. The van der Waals surface area contributed by atoms with Gasteiger partial charge in [0.2, 0.25) is 5.89 Å². The number of thiophene rings is 1. The van der Waals surface area contributed by atoms with Gasteiger partial charge in [0.05, 0.1) is 6.54 Å². The van der Waals surface area contributed by atoms with Crippen molar-refractivity contribution >= 4 is 17.3 Å². The summed E-state index contributed by atoms with van der Waals surface area (Å²) in [5, 5.41) is 10.5. The zero-order valence-electron chi connectivity index (χ0n) is 14.2. The smallest absolute Gasteiger partial charge is 0.228 e. The molecule has 6 nitrogen and oxygen atoms in total. The second-order valence-electron chi connectivity index (χ2n) is 5.59. The standard InChI is InChI=1S/C16H25N5OS/c1-5-17-16(19-10-13-7-6-12(4)23-13)18-9-8-14-20-15(11(2)3)21-22-14/h6-7,11H,5,8-10H2,1-4H3,(H2,17,18,19). The van der Waals surface area contributed by atoms with Gasteiger partial charge in [-0.1, -0.05) is 19.0 Å². The summed E-state index contributed by atoms with van der Waals surface area (Å²) in [6.45, 7) is 10.5. The van der Waals surface area contributed by atoms with E-state index in [0.717, 1.165) is 18.3 Å². The van der Waals surface area contributed by atoms with Crippen LogP contribution in [0.25, 0.3) is 0 Å². The van der Waals surface area contributed by atoms with E-state index in [1.54, 1.807) is 11.3 Å². The minimum Gasteiger partial charge on any atom is -0.357 e. The van der Waals surface area contributed by atoms with Crippen molar-refractivity contribution in [3.8, 4) is 0 Å². The molecule has 0 spiro atoms. The van der Waals surface area contributed by atoms with Gasteiger partial charge in [-0.05, 0) is 26.0 Å². The summed E-state index contributed by atoms with van der Waals surface area (Å²) < 4.78 is 5.24. The van der Waals surface area contributed by atoms with Crippen LogP contribution in [-0.4, -0.2) is 29.2 Å². The van der Waals surface area contributed by atoms with Gasteiger partial charge >= 0.3 is 0 Å². The molecule has 0 aliphatic carbocycles. The average molecular weight is 335 g/mol. The van der Waals surface area contributed by atoms with Crippen LogP contribution in [0.2, 0.25) is 0 Å². The number of aryl methyl sites for hydroxylation is 1. The Morgan fingerprint density at radius 3 is 2.78 bits per heavy atom. The summed E-state index contributed by atoms with van der Waals surface area (Å²) in [7, 11) is 0. The Morgan fingerprint density at radius 1 is 1.35 bits per heavy atom. The average Bonchev–Trinajstić information content (AvgIpc) is 3.14. The van der Waals surface area contributed by atoms with Gasteiger partial charge in [-0.2, -0.15) is 4.98 Å². The zero-order chi connectivity index (χ0) is 16.7. The summed E-state index contributed by atoms with van der Waals surface area (Å²) in [6.07, 6.45) is 0.683. The van der Waals surface area contributed by atoms with Crippen molar-refractivity contribution in [1.29, 1.82) is 0 Å². The van der Waals surface area contributed by atoms with Gasteiger partial charge in [-0.3, -0.25) is 0 Å². The third-order valence-electron chi connectivity index (χ3n) is 3.16. The molecule has 0 unspecified atom stereocenters. The number of hydrogen-bond donors (Lipinski definition) is 2. The number of rotatable bonds is 7. The van der Waals surface area contributed by atoms with Gasteiger partial charge in [0.1, 0.15) is 0 Å². The van der Waals surface area contributed by atoms with E-state index in [9.17, 15) is 0 Å². The first kappa shape index (κ1) is 17.5. The van der Waals surface area contributed by atoms with E-state index in [1.165, 1.54) is 9.75 Å². The molecule has 7 heteroatoms. The summed E-state index contributed by atoms with van der Waals surface area (Å²) >= 11 is 1.78. The molecular formula is C16H25N5OS. The molecule has 0 saturated carbocycles. The first-order valence-electron chi connectivity index (χ1n) is 7.98. The molecule has 0 aliphatic rings. The molecule has 0 fully saturated rings. The Balaban J connectivity index is 1.83. The largest absolute Gasteiger partial charge is 0.357 e. The molecule has 23 heavy (non-hydrogen) atoms. The quantitative estimate of drug-likeness (QED) is 0.601. The van der Waals surface area contributed by atoms with Crippen molar-refractivity contribution in [1.82, 2.24) is 20.8 Å². The van der Waals surface area contributed by atoms with Crippen molar-refractivity contribution in [2.45, 2.75) is 46.6 Å². The van der Waals surface area contributed by atoms with Crippen LogP contribution in [0.3, 0.4) is 0 Å². The second kappa shape index (κ2) is 8.67. The molecular weight excluding hydrogens is 310 g/mol. The van der Waals surface area contributed by atoms with Crippen LogP contribution in [0.1, 0.15) is 48.2 Å². The van der Waals surface area contributed by atoms with Crippen LogP contribution in [0.4, 0.5) is 0 Å². The molecule has 2 N–H and O–H groups in total. The number of aliphatic imine (C=N–C) groups is 1. The van der Waals surface area contributed by atoms with Crippen molar-refractivity contribution in [2.75, 3.05) is 13.1 Å². The maximum absolute atomic E-state index is 5.24. The summed E-state index contributed by atoms with van der Waals surface area (Å²) in [5.41, 5.74) is 0. The Labute approximate surface area is 141 Å². The first-order chi connectivity index (χ1) is 11.1. The van der Waals surface area contributed by atoms with Gasteiger partial charge < -0.3 is 15.2 Å². The fourth-order valence-electron chi connectivity index (χ4n) is 1.96. The van der Waals surface area contributed by atoms with Crippen molar-refractivity contribution in [3.05, 3.63) is 33.6 Å². The van der Waals surface area contributed by atoms with E-state index in [2.05, 4.69) is 65.6 Å². The Morgan fingerprint density at radius 2 is 2.17 bits per heavy atom. The molecule has 0 aliphatic heterocycles. The number of nitrogens with zero attached hydrogens (tertiary/aromatic N) is 3.